The summed E-state index contributed by atoms with van der Waals surface area (Å²) < 4.78 is 0. The molecular weight excluding hydrogens is 277 g/mol. The molecule has 5 heteroatoms. The zero-order valence-electron chi connectivity index (χ0n) is 13.9. The van der Waals surface area contributed by atoms with Crippen LogP contribution in [0.4, 0.5) is 0 Å². The second kappa shape index (κ2) is 9.64. The molecule has 22 heavy (non-hydrogen) atoms. The lowest BCUT2D eigenvalue weighted by Crippen LogP contribution is -2.30. The quantitative estimate of drug-likeness (QED) is 0.611. The first kappa shape index (κ1) is 18.7. The van der Waals surface area contributed by atoms with Crippen LogP contribution in [0.2, 0.25) is 0 Å². The highest BCUT2D eigenvalue weighted by Gasteiger charge is 2.12. The van der Waals surface area contributed by atoms with E-state index in [4.69, 9.17) is 10.0 Å². The van der Waals surface area contributed by atoms with Gasteiger partial charge in [0.1, 0.15) is 0 Å². The van der Waals surface area contributed by atoms with E-state index in [2.05, 4.69) is 26.1 Å². The van der Waals surface area contributed by atoms with Gasteiger partial charge in [0.2, 0.25) is 0 Å². The summed E-state index contributed by atoms with van der Waals surface area (Å²) >= 11 is 0. The normalized spacial score (nSPS) is 12.3. The minimum Gasteiger partial charge on any atom is -0.423 e. The lowest BCUT2D eigenvalue weighted by Gasteiger charge is -2.13. The lowest BCUT2D eigenvalue weighted by atomic mass is 9.80. The van der Waals surface area contributed by atoms with Gasteiger partial charge in [0.05, 0.1) is 0 Å². The molecule has 0 saturated carbocycles. The van der Waals surface area contributed by atoms with Crippen molar-refractivity contribution in [1.29, 1.82) is 0 Å². The SMILES string of the molecule is CC(C)CCC[C@@H](C)CCNC(=O)c1ccc(B(O)O)cc1. The van der Waals surface area contributed by atoms with Crippen LogP contribution in [-0.2, 0) is 0 Å². The summed E-state index contributed by atoms with van der Waals surface area (Å²) in [5.41, 5.74) is 0.923. The van der Waals surface area contributed by atoms with Crippen LogP contribution < -0.4 is 10.8 Å². The van der Waals surface area contributed by atoms with Crippen LogP contribution in [0.15, 0.2) is 24.3 Å². The molecule has 0 aromatic heterocycles. The monoisotopic (exact) mass is 305 g/mol. The van der Waals surface area contributed by atoms with Crippen molar-refractivity contribution in [3.05, 3.63) is 29.8 Å². The minimum atomic E-state index is -1.50. The molecule has 0 aliphatic carbocycles. The Morgan fingerprint density at radius 2 is 1.73 bits per heavy atom. The smallest absolute Gasteiger partial charge is 0.423 e. The molecule has 0 unspecified atom stereocenters. The van der Waals surface area contributed by atoms with Gasteiger partial charge in [-0.3, -0.25) is 4.79 Å². The van der Waals surface area contributed by atoms with E-state index in [1.54, 1.807) is 24.3 Å². The molecule has 1 amide bonds. The summed E-state index contributed by atoms with van der Waals surface area (Å²) in [5.74, 6) is 1.26. The number of benzene rings is 1. The molecule has 0 aliphatic rings. The first-order valence-corrected chi connectivity index (χ1v) is 8.14. The van der Waals surface area contributed by atoms with Gasteiger partial charge in [0, 0.05) is 12.1 Å². The van der Waals surface area contributed by atoms with E-state index in [0.29, 0.717) is 23.5 Å². The van der Waals surface area contributed by atoms with Crippen molar-refractivity contribution in [2.45, 2.75) is 46.5 Å². The fourth-order valence-electron chi connectivity index (χ4n) is 2.36. The van der Waals surface area contributed by atoms with E-state index in [1.807, 2.05) is 0 Å². The number of rotatable bonds is 9. The number of hydrogen-bond acceptors (Lipinski definition) is 3. The Balaban J connectivity index is 2.28. The van der Waals surface area contributed by atoms with Gasteiger partial charge >= 0.3 is 7.12 Å². The van der Waals surface area contributed by atoms with Crippen LogP contribution in [0.3, 0.4) is 0 Å². The second-order valence-electron chi connectivity index (χ2n) is 6.47. The highest BCUT2D eigenvalue weighted by Crippen LogP contribution is 2.14. The summed E-state index contributed by atoms with van der Waals surface area (Å²) in [6.45, 7) is 7.38. The molecule has 1 aromatic carbocycles. The van der Waals surface area contributed by atoms with Gasteiger partial charge in [-0.15, -0.1) is 0 Å². The molecule has 1 aromatic rings. The second-order valence-corrected chi connectivity index (χ2v) is 6.47. The van der Waals surface area contributed by atoms with E-state index < -0.39 is 7.12 Å². The van der Waals surface area contributed by atoms with Gasteiger partial charge in [0.25, 0.3) is 5.91 Å². The maximum Gasteiger partial charge on any atom is 0.488 e. The fourth-order valence-corrected chi connectivity index (χ4v) is 2.36. The molecule has 0 heterocycles. The van der Waals surface area contributed by atoms with E-state index in [1.165, 1.54) is 19.3 Å². The van der Waals surface area contributed by atoms with Crippen LogP contribution in [0.5, 0.6) is 0 Å². The summed E-state index contributed by atoms with van der Waals surface area (Å²) in [4.78, 5) is 12.0. The van der Waals surface area contributed by atoms with Crippen molar-refractivity contribution in [3.63, 3.8) is 0 Å². The van der Waals surface area contributed by atoms with Crippen molar-refractivity contribution in [3.8, 4) is 0 Å². The van der Waals surface area contributed by atoms with Gasteiger partial charge in [0.15, 0.2) is 0 Å². The largest absolute Gasteiger partial charge is 0.488 e. The van der Waals surface area contributed by atoms with Gasteiger partial charge in [-0.25, -0.2) is 0 Å². The third-order valence-electron chi connectivity index (χ3n) is 3.87. The minimum absolute atomic E-state index is 0.117. The molecule has 122 valence electrons. The number of carbonyl (C=O) groups excluding carboxylic acids is 1. The average Bonchev–Trinajstić information content (AvgIpc) is 2.46. The zero-order valence-corrected chi connectivity index (χ0v) is 13.9. The lowest BCUT2D eigenvalue weighted by molar-refractivity contribution is 0.0951. The van der Waals surface area contributed by atoms with Gasteiger partial charge < -0.3 is 15.4 Å². The van der Waals surface area contributed by atoms with E-state index >= 15 is 0 Å². The van der Waals surface area contributed by atoms with Gasteiger partial charge in [-0.2, -0.15) is 0 Å². The molecule has 0 aliphatic heterocycles. The Morgan fingerprint density at radius 3 is 2.27 bits per heavy atom. The zero-order chi connectivity index (χ0) is 16.5. The molecular formula is C17H28BNO3. The van der Waals surface area contributed by atoms with Crippen molar-refractivity contribution < 1.29 is 14.8 Å². The van der Waals surface area contributed by atoms with Crippen molar-refractivity contribution in [2.75, 3.05) is 6.54 Å². The van der Waals surface area contributed by atoms with E-state index in [0.717, 1.165) is 12.3 Å². The molecule has 0 fully saturated rings. The summed E-state index contributed by atoms with van der Waals surface area (Å²) in [6, 6.07) is 6.31. The molecule has 3 N–H and O–H groups in total. The third kappa shape index (κ3) is 7.10. The Labute approximate surface area is 134 Å². The van der Waals surface area contributed by atoms with Crippen LogP contribution in [0, 0.1) is 11.8 Å². The van der Waals surface area contributed by atoms with E-state index in [-0.39, 0.29) is 5.91 Å². The van der Waals surface area contributed by atoms with E-state index in [9.17, 15) is 4.79 Å². The third-order valence-corrected chi connectivity index (χ3v) is 3.87. The molecule has 1 rings (SSSR count). The molecule has 0 bridgehead atoms. The topological polar surface area (TPSA) is 69.6 Å². The van der Waals surface area contributed by atoms with Gasteiger partial charge in [-0.05, 0) is 35.9 Å². The molecule has 0 radical (unpaired) electrons. The predicted molar refractivity (Wildman–Crippen MR) is 91.1 cm³/mol. The number of nitrogens with one attached hydrogen (secondary N) is 1. The Bertz CT molecular complexity index is 446. The molecule has 1 atom stereocenters. The Kier molecular flexibility index (Phi) is 8.21. The first-order chi connectivity index (χ1) is 10.4. The fraction of sp³-hybridized carbons (Fsp3) is 0.588. The average molecular weight is 305 g/mol. The Morgan fingerprint density at radius 1 is 1.09 bits per heavy atom. The Hall–Kier alpha value is -1.33. The van der Waals surface area contributed by atoms with Crippen molar-refractivity contribution in [2.24, 2.45) is 11.8 Å². The number of carbonyl (C=O) groups is 1. The first-order valence-electron chi connectivity index (χ1n) is 8.14. The number of amides is 1. The van der Waals surface area contributed by atoms with Crippen molar-refractivity contribution >= 4 is 18.5 Å². The van der Waals surface area contributed by atoms with Crippen molar-refractivity contribution in [1.82, 2.24) is 5.32 Å². The van der Waals surface area contributed by atoms with Gasteiger partial charge in [-0.1, -0.05) is 52.2 Å². The highest BCUT2D eigenvalue weighted by molar-refractivity contribution is 6.58. The maximum atomic E-state index is 12.0. The molecule has 0 saturated heterocycles. The predicted octanol–water partition coefficient (Wildman–Crippen LogP) is 1.95. The van der Waals surface area contributed by atoms with Crippen LogP contribution >= 0.6 is 0 Å². The molecule has 0 spiro atoms. The molecule has 4 nitrogen and oxygen atoms in total. The summed E-state index contributed by atoms with van der Waals surface area (Å²) in [7, 11) is -1.50. The van der Waals surface area contributed by atoms with Crippen LogP contribution in [0.1, 0.15) is 56.8 Å². The maximum absolute atomic E-state index is 12.0. The van der Waals surface area contributed by atoms with Crippen LogP contribution in [0.25, 0.3) is 0 Å². The number of hydrogen-bond donors (Lipinski definition) is 3. The van der Waals surface area contributed by atoms with Crippen LogP contribution in [-0.4, -0.2) is 29.6 Å². The standard InChI is InChI=1S/C17H28BNO3/c1-13(2)5-4-6-14(3)11-12-19-17(20)15-7-9-16(10-8-15)18(21)22/h7-10,13-14,21-22H,4-6,11-12H2,1-3H3,(H,19,20)/t14-/m1/s1. The summed E-state index contributed by atoms with van der Waals surface area (Å²) in [5, 5.41) is 20.9. The highest BCUT2D eigenvalue weighted by atomic mass is 16.4. The summed E-state index contributed by atoms with van der Waals surface area (Å²) in [6.07, 6.45) is 4.70.